The Balaban J connectivity index is 2.39. The van der Waals surface area contributed by atoms with E-state index < -0.39 is 210 Å². The number of aliphatic carboxylic acids is 1. The Kier molecular flexibility index (Phi) is 41.6. The molecular formula is C69H109FN20O17. The Morgan fingerprint density at radius 1 is 0.439 bits per heavy atom. The molecule has 2 aromatic carbocycles. The van der Waals surface area contributed by atoms with Gasteiger partial charge in [-0.05, 0) is 112 Å². The molecule has 0 unspecified atom stereocenters. The average Bonchev–Trinajstić information content (AvgIpc) is 0.852. The lowest BCUT2D eigenvalue weighted by atomic mass is 9.96. The van der Waals surface area contributed by atoms with Gasteiger partial charge in [0.1, 0.15) is 72.3 Å². The summed E-state index contributed by atoms with van der Waals surface area (Å²) in [5, 5.41) is 39.9. The van der Waals surface area contributed by atoms with E-state index in [1.54, 1.807) is 58.0 Å². The summed E-state index contributed by atoms with van der Waals surface area (Å²) in [6, 6.07) is -2.75. The van der Waals surface area contributed by atoms with E-state index in [2.05, 4.69) is 68.8 Å². The topological polar surface area (TPSA) is 632 Å². The quantitative estimate of drug-likeness (QED) is 0.0167. The molecule has 0 saturated carbocycles. The van der Waals surface area contributed by atoms with Crippen molar-refractivity contribution in [3.63, 3.8) is 0 Å². The van der Waals surface area contributed by atoms with Crippen LogP contribution < -0.4 is 104 Å². The highest BCUT2D eigenvalue weighted by atomic mass is 19.1. The minimum absolute atomic E-state index is 0.0399. The summed E-state index contributed by atoms with van der Waals surface area (Å²) in [6.07, 6.45) is -2.18. The average molecular weight is 1510 g/mol. The van der Waals surface area contributed by atoms with Crippen molar-refractivity contribution in [2.45, 2.75) is 211 Å². The summed E-state index contributed by atoms with van der Waals surface area (Å²) in [6.45, 7) is 10.1. The number of primary amides is 3. The number of unbranched alkanes of at least 4 members (excludes halogenated alkanes) is 1. The number of carboxylic acids is 1. The molecule has 0 bridgehead atoms. The first kappa shape index (κ1) is 92.2. The molecular weight excluding hydrogens is 1400 g/mol. The smallest absolute Gasteiger partial charge is 0.303 e. The highest BCUT2D eigenvalue weighted by Crippen LogP contribution is 2.16. The van der Waals surface area contributed by atoms with Gasteiger partial charge in [0.25, 0.3) is 0 Å². The van der Waals surface area contributed by atoms with E-state index >= 15 is 0 Å². The molecule has 0 radical (unpaired) electrons. The SMILES string of the molecule is CC[C@H](C)[C@H](NC(=O)[C@H](CCC(=O)O)NC(=O)[C@H](CCCCN)NC(=O)CNC(=O)[C@H](CC(N)=O)NC(=O)[C@@H](NC(=O)[C@H](CCCN)NC(=O)[C@@H](NC(=O)[C@H](Cc1ccccc1)NC(=O)[C@H](CCCN=C(N)N)NC(C)=O)C(C)C)C(C)C)C(=O)N[C@@H](Cc1ccc(F)cc1)C(=O)N[C@@H](CCC(N)=O)C(N)=O. The third-order valence-corrected chi connectivity index (χ3v) is 16.8. The predicted molar refractivity (Wildman–Crippen MR) is 389 cm³/mol. The van der Waals surface area contributed by atoms with Crippen molar-refractivity contribution in [3.8, 4) is 0 Å². The lowest BCUT2D eigenvalue weighted by Gasteiger charge is -2.29. The molecule has 38 heteroatoms. The number of hydrogen-bond acceptors (Lipinski definition) is 19. The number of aliphatic imine (C=N–C) groups is 1. The van der Waals surface area contributed by atoms with Crippen LogP contribution >= 0.6 is 0 Å². The van der Waals surface area contributed by atoms with Crippen molar-refractivity contribution in [2.24, 2.45) is 62.9 Å². The van der Waals surface area contributed by atoms with Gasteiger partial charge in [0.2, 0.25) is 88.6 Å². The maximum absolute atomic E-state index is 14.3. The minimum atomic E-state index is -1.80. The van der Waals surface area contributed by atoms with E-state index in [-0.39, 0.29) is 96.2 Å². The number of halogens is 1. The van der Waals surface area contributed by atoms with Crippen molar-refractivity contribution in [1.29, 1.82) is 0 Å². The number of carbonyl (C=O) groups is 16. The van der Waals surface area contributed by atoms with Gasteiger partial charge >= 0.3 is 5.97 Å². The number of nitrogens with one attached hydrogen (secondary N) is 12. The number of guanidine groups is 1. The van der Waals surface area contributed by atoms with Gasteiger partial charge in [-0.1, -0.05) is 90.4 Å². The van der Waals surface area contributed by atoms with E-state index in [1.165, 1.54) is 32.9 Å². The molecule has 0 heterocycles. The second kappa shape index (κ2) is 48.2. The number of benzene rings is 2. The summed E-state index contributed by atoms with van der Waals surface area (Å²) < 4.78 is 13.9. The zero-order valence-corrected chi connectivity index (χ0v) is 61.6. The van der Waals surface area contributed by atoms with E-state index in [1.807, 2.05) is 0 Å². The molecule has 2 rings (SSSR count). The number of nitrogens with zero attached hydrogens (tertiary/aromatic N) is 1. The minimum Gasteiger partial charge on any atom is -0.481 e. The fraction of sp³-hybridized carbons (Fsp3) is 0.580. The molecule has 594 valence electrons. The second-order valence-corrected chi connectivity index (χ2v) is 26.5. The van der Waals surface area contributed by atoms with Gasteiger partial charge < -0.3 is 109 Å². The van der Waals surface area contributed by atoms with Gasteiger partial charge in [0.15, 0.2) is 5.96 Å². The molecule has 15 amide bonds. The maximum Gasteiger partial charge on any atom is 0.303 e. The first-order chi connectivity index (χ1) is 50.4. The summed E-state index contributed by atoms with van der Waals surface area (Å²) >= 11 is 0. The molecule has 0 fully saturated rings. The summed E-state index contributed by atoms with van der Waals surface area (Å²) in [5.74, 6) is -18.4. The molecule has 37 nitrogen and oxygen atoms in total. The lowest BCUT2D eigenvalue weighted by molar-refractivity contribution is -0.139. The molecule has 107 heavy (non-hydrogen) atoms. The molecule has 0 aliphatic carbocycles. The van der Waals surface area contributed by atoms with Crippen molar-refractivity contribution in [2.75, 3.05) is 26.2 Å². The van der Waals surface area contributed by atoms with Gasteiger partial charge in [-0.2, -0.15) is 0 Å². The number of carboxylic acid groups (broad SMARTS) is 1. The maximum atomic E-state index is 14.3. The van der Waals surface area contributed by atoms with E-state index in [9.17, 15) is 86.2 Å². The van der Waals surface area contributed by atoms with E-state index in [0.29, 0.717) is 17.5 Å². The Morgan fingerprint density at radius 2 is 0.860 bits per heavy atom. The van der Waals surface area contributed by atoms with Crippen LogP contribution in [0, 0.1) is 23.6 Å². The molecule has 27 N–H and O–H groups in total. The Hall–Kier alpha value is -10.9. The Labute approximate surface area is 620 Å². The largest absolute Gasteiger partial charge is 0.481 e. The van der Waals surface area contributed by atoms with E-state index in [4.69, 9.17) is 40.1 Å². The van der Waals surface area contributed by atoms with Crippen molar-refractivity contribution >= 4 is 101 Å². The monoisotopic (exact) mass is 1510 g/mol. The van der Waals surface area contributed by atoms with Gasteiger partial charge in [-0.15, -0.1) is 0 Å². The molecule has 0 saturated heterocycles. The highest BCUT2D eigenvalue weighted by molar-refractivity contribution is 6.00. The van der Waals surface area contributed by atoms with Crippen LogP contribution in [0.25, 0.3) is 0 Å². The molecule has 0 aromatic heterocycles. The lowest BCUT2D eigenvalue weighted by Crippen LogP contribution is -2.61. The Morgan fingerprint density at radius 3 is 1.36 bits per heavy atom. The first-order valence-corrected chi connectivity index (χ1v) is 35.3. The number of amides is 15. The number of carbonyl (C=O) groups excluding carboxylic acids is 15. The van der Waals surface area contributed by atoms with Gasteiger partial charge in [0.05, 0.1) is 13.0 Å². The molecule has 12 atom stereocenters. The number of nitrogens with two attached hydrogens (primary N) is 7. The summed E-state index contributed by atoms with van der Waals surface area (Å²) in [7, 11) is 0. The highest BCUT2D eigenvalue weighted by Gasteiger charge is 2.38. The standard InChI is InChI=1S/C69H109FN20O17/c1-8-38(6)57(68(107)86-48(33-41-21-23-42(70)24-22-41)64(103)82-43(58(75)97)25-27-51(73)92)90-63(102)47(26-28-54(95)96)83-61(100)45(18-12-13-29-71)81-53(94)35-79-59(98)50(34-52(74)93)87-67(106)56(37(4)5)88-62(101)46(19-14-30-72)84-66(105)55(36(2)3)89-65(104)49(32-40-16-10-9-11-17-40)85-60(99)44(80-39(7)91)20-15-31-78-69(76)77/h9-11,16-17,21-24,36-38,43-50,55-57H,8,12-15,18-20,25-35,71-72H2,1-7H3,(H2,73,92)(H2,74,93)(H2,75,97)(H,79,98)(H,80,91)(H,81,94)(H,82,103)(H,83,100)(H,84,105)(H,85,99)(H,86,107)(H,87,106)(H,88,101)(H,89,104)(H,90,102)(H,95,96)(H4,76,77,78)/t38-,43-,44-,45-,46-,47-,48-,49-,50-,55-,56-,57-/m0/s1. The van der Waals surface area contributed by atoms with Gasteiger partial charge in [0, 0.05) is 39.2 Å². The van der Waals surface area contributed by atoms with Crippen molar-refractivity contribution in [1.82, 2.24) is 63.8 Å². The summed E-state index contributed by atoms with van der Waals surface area (Å²) in [4.78, 5) is 219. The zero-order chi connectivity index (χ0) is 80.6. The summed E-state index contributed by atoms with van der Waals surface area (Å²) in [5.41, 5.74) is 39.6. The van der Waals surface area contributed by atoms with Gasteiger partial charge in [-0.3, -0.25) is 81.7 Å². The Bertz CT molecular complexity index is 3380. The third kappa shape index (κ3) is 35.6. The number of rotatable bonds is 51. The fourth-order valence-electron chi connectivity index (χ4n) is 10.7. The fourth-order valence-corrected chi connectivity index (χ4v) is 10.7. The van der Waals surface area contributed by atoms with Crippen LogP contribution in [0.1, 0.15) is 143 Å². The normalized spacial score (nSPS) is 14.4. The first-order valence-electron chi connectivity index (χ1n) is 35.3. The molecule has 0 aliphatic heterocycles. The van der Waals surface area contributed by atoms with Gasteiger partial charge in [-0.25, -0.2) is 4.39 Å². The van der Waals surface area contributed by atoms with Crippen LogP contribution in [-0.2, 0) is 89.6 Å². The van der Waals surface area contributed by atoms with Crippen LogP contribution in [0.3, 0.4) is 0 Å². The van der Waals surface area contributed by atoms with Crippen LogP contribution in [0.2, 0.25) is 0 Å². The van der Waals surface area contributed by atoms with Crippen LogP contribution in [0.4, 0.5) is 4.39 Å². The van der Waals surface area contributed by atoms with Crippen LogP contribution in [0.15, 0.2) is 59.6 Å². The molecule has 2 aromatic rings. The van der Waals surface area contributed by atoms with Crippen LogP contribution in [-0.4, -0.2) is 198 Å². The predicted octanol–water partition coefficient (Wildman–Crippen LogP) is -5.15. The number of hydrogen-bond donors (Lipinski definition) is 20. The second-order valence-electron chi connectivity index (χ2n) is 26.5. The van der Waals surface area contributed by atoms with Crippen molar-refractivity contribution < 1.29 is 86.2 Å². The molecule has 0 spiro atoms. The van der Waals surface area contributed by atoms with Crippen molar-refractivity contribution in [3.05, 3.63) is 71.5 Å². The van der Waals surface area contributed by atoms with E-state index in [0.717, 1.165) is 12.1 Å². The molecule has 0 aliphatic rings. The van der Waals surface area contributed by atoms with Crippen LogP contribution in [0.5, 0.6) is 0 Å². The third-order valence-electron chi connectivity index (χ3n) is 16.8. The zero-order valence-electron chi connectivity index (χ0n) is 61.6.